The van der Waals surface area contributed by atoms with Gasteiger partial charge in [-0.05, 0) is 12.1 Å². The molecule has 2 aromatic rings. The molecule has 0 radical (unpaired) electrons. The highest BCUT2D eigenvalue weighted by atomic mass is 32.2. The predicted molar refractivity (Wildman–Crippen MR) is 103 cm³/mol. The van der Waals surface area contributed by atoms with E-state index in [0.717, 1.165) is 0 Å². The first-order chi connectivity index (χ1) is 14.7. The molecule has 34 heavy (non-hydrogen) atoms. The Bertz CT molecular complexity index is 1880. The summed E-state index contributed by atoms with van der Waals surface area (Å²) in [5, 5.41) is -3.89. The van der Waals surface area contributed by atoms with Gasteiger partial charge in [0.1, 0.15) is 29.4 Å². The van der Waals surface area contributed by atoms with Crippen LogP contribution in [0.3, 0.4) is 0 Å². The molecule has 18 nitrogen and oxygen atoms in total. The Labute approximate surface area is 190 Å². The Morgan fingerprint density at radius 3 is 1.00 bits per heavy atom. The minimum Gasteiger partial charge on any atom is -0.282 e. The second kappa shape index (κ2) is 7.83. The molecule has 24 heteroatoms. The summed E-state index contributed by atoms with van der Waals surface area (Å²) in [4.78, 5) is -13.8. The van der Waals surface area contributed by atoms with E-state index in [1.54, 1.807) is 0 Å². The smallest absolute Gasteiger partial charge is 0.282 e. The lowest BCUT2D eigenvalue weighted by Crippen LogP contribution is -2.19. The Morgan fingerprint density at radius 2 is 0.706 bits per heavy atom. The van der Waals surface area contributed by atoms with E-state index in [1.165, 1.54) is 0 Å². The second-order valence-corrected chi connectivity index (χ2v) is 14.3. The van der Waals surface area contributed by atoms with E-state index in [-0.39, 0.29) is 6.07 Å². The van der Waals surface area contributed by atoms with Crippen molar-refractivity contribution in [1.29, 1.82) is 0 Å². The summed E-state index contributed by atoms with van der Waals surface area (Å²) in [6, 6.07) is -0.765. The Kier molecular flexibility index (Phi) is 6.54. The fourth-order valence-corrected chi connectivity index (χ4v) is 9.02. The van der Waals surface area contributed by atoms with Crippen LogP contribution in [0.25, 0.3) is 10.8 Å². The zero-order chi connectivity index (χ0) is 27.0. The molecule has 0 bridgehead atoms. The zero-order valence-corrected chi connectivity index (χ0v) is 20.1. The fourth-order valence-electron chi connectivity index (χ4n) is 2.76. The van der Waals surface area contributed by atoms with E-state index in [1.807, 2.05) is 0 Å². The average molecular weight is 609 g/mol. The minimum atomic E-state index is -6.38. The van der Waals surface area contributed by atoms with E-state index in [9.17, 15) is 77.8 Å². The van der Waals surface area contributed by atoms with Crippen molar-refractivity contribution in [3.63, 3.8) is 0 Å². The van der Waals surface area contributed by atoms with Gasteiger partial charge in [0.15, 0.2) is 0 Å². The average Bonchev–Trinajstić information content (AvgIpc) is 2.53. The topological polar surface area (TPSA) is 326 Å². The maximum Gasteiger partial charge on any atom is 0.297 e. The number of benzene rings is 2. The lowest BCUT2D eigenvalue weighted by atomic mass is 10.1. The summed E-state index contributed by atoms with van der Waals surface area (Å²) in [5.41, 5.74) is 0. The molecule has 0 unspecified atom stereocenters. The number of hydrogen-bond donors (Lipinski definition) is 6. The summed E-state index contributed by atoms with van der Waals surface area (Å²) < 4.78 is 198. The van der Waals surface area contributed by atoms with Crippen molar-refractivity contribution in [2.24, 2.45) is 0 Å². The molecule has 2 rings (SSSR count). The summed E-state index contributed by atoms with van der Waals surface area (Å²) in [6.07, 6.45) is 0. The van der Waals surface area contributed by atoms with Gasteiger partial charge in [-0.1, -0.05) is 0 Å². The standard InChI is InChI=1S/C10H8O18S6/c11-29(12,13)4-2-6(31(17,18)19)8(32(20,21)22)7-3(4)1-5(30(14,15)16)9(33(23,24)25)10(7)34(26,27)28/h1-2H,(H,11,12,13)(H,14,15,16)(H,17,18,19)(H,20,21,22)(H,23,24,25)(H,26,27,28). The zero-order valence-electron chi connectivity index (χ0n) is 15.2. The van der Waals surface area contributed by atoms with Gasteiger partial charge in [0.2, 0.25) is 0 Å². The highest BCUT2D eigenvalue weighted by Gasteiger charge is 2.41. The normalized spacial score (nSPS) is 14.4. The molecule has 0 heterocycles. The lowest BCUT2D eigenvalue weighted by Gasteiger charge is -2.18. The maximum atomic E-state index is 12.0. The summed E-state index contributed by atoms with van der Waals surface area (Å²) in [5.74, 6) is 0. The van der Waals surface area contributed by atoms with E-state index < -0.39 is 107 Å². The molecule has 0 fully saturated rings. The van der Waals surface area contributed by atoms with Crippen LogP contribution in [-0.4, -0.2) is 77.8 Å². The molecule has 0 atom stereocenters. The first-order valence-corrected chi connectivity index (χ1v) is 15.9. The van der Waals surface area contributed by atoms with Crippen molar-refractivity contribution in [3.05, 3.63) is 12.1 Å². The number of rotatable bonds is 6. The molecule has 0 saturated carbocycles. The molecular formula is C10H8O18S6. The van der Waals surface area contributed by atoms with E-state index in [4.69, 9.17) is 0 Å². The van der Waals surface area contributed by atoms with E-state index in [0.29, 0.717) is 0 Å². The highest BCUT2D eigenvalue weighted by molar-refractivity contribution is 7.91. The maximum absolute atomic E-state index is 12.0. The van der Waals surface area contributed by atoms with Crippen LogP contribution in [-0.2, 0) is 60.7 Å². The molecule has 0 aliphatic carbocycles. The third-order valence-electron chi connectivity index (χ3n) is 3.79. The van der Waals surface area contributed by atoms with Crippen molar-refractivity contribution in [1.82, 2.24) is 0 Å². The van der Waals surface area contributed by atoms with Crippen LogP contribution in [0.1, 0.15) is 0 Å². The molecule has 0 spiro atoms. The van der Waals surface area contributed by atoms with Crippen molar-refractivity contribution < 1.29 is 77.8 Å². The first-order valence-electron chi connectivity index (χ1n) is 7.22. The fraction of sp³-hybridized carbons (Fsp3) is 0. The van der Waals surface area contributed by atoms with Gasteiger partial charge in [-0.15, -0.1) is 0 Å². The molecule has 192 valence electrons. The van der Waals surface area contributed by atoms with Gasteiger partial charge >= 0.3 is 0 Å². The van der Waals surface area contributed by atoms with Gasteiger partial charge in [0.25, 0.3) is 60.7 Å². The summed E-state index contributed by atoms with van der Waals surface area (Å²) in [7, 11) is -36.7. The van der Waals surface area contributed by atoms with Crippen LogP contribution < -0.4 is 0 Å². The second-order valence-electron chi connectivity index (χ2n) is 6.01. The Morgan fingerprint density at radius 1 is 0.382 bits per heavy atom. The molecular weight excluding hydrogens is 600 g/mol. The Balaban J connectivity index is 3.89. The van der Waals surface area contributed by atoms with Gasteiger partial charge in [-0.3, -0.25) is 27.3 Å². The molecule has 0 saturated heterocycles. The molecule has 0 amide bonds. The van der Waals surface area contributed by atoms with Crippen LogP contribution in [0.15, 0.2) is 41.5 Å². The van der Waals surface area contributed by atoms with Crippen molar-refractivity contribution in [3.8, 4) is 0 Å². The van der Waals surface area contributed by atoms with Gasteiger partial charge in [-0.25, -0.2) is 0 Å². The number of fused-ring (bicyclic) bond motifs is 1. The molecule has 0 aliphatic rings. The monoisotopic (exact) mass is 608 g/mol. The van der Waals surface area contributed by atoms with Gasteiger partial charge in [0, 0.05) is 10.8 Å². The van der Waals surface area contributed by atoms with E-state index in [2.05, 4.69) is 0 Å². The third-order valence-corrected chi connectivity index (χ3v) is 9.63. The minimum absolute atomic E-state index is 0.353. The lowest BCUT2D eigenvalue weighted by molar-refractivity contribution is 0.455. The van der Waals surface area contributed by atoms with Crippen molar-refractivity contribution in [2.45, 2.75) is 29.4 Å². The third kappa shape index (κ3) is 5.21. The largest absolute Gasteiger partial charge is 0.297 e. The van der Waals surface area contributed by atoms with Crippen molar-refractivity contribution in [2.75, 3.05) is 0 Å². The quantitative estimate of drug-likeness (QED) is 0.199. The Hall–Kier alpha value is -1.84. The van der Waals surface area contributed by atoms with Crippen LogP contribution in [0, 0.1) is 0 Å². The van der Waals surface area contributed by atoms with Crippen LogP contribution in [0.2, 0.25) is 0 Å². The summed E-state index contributed by atoms with van der Waals surface area (Å²) in [6.45, 7) is 0. The molecule has 6 N–H and O–H groups in total. The van der Waals surface area contributed by atoms with Crippen LogP contribution in [0.5, 0.6) is 0 Å². The summed E-state index contributed by atoms with van der Waals surface area (Å²) >= 11 is 0. The van der Waals surface area contributed by atoms with Gasteiger partial charge in [0.05, 0.1) is 0 Å². The van der Waals surface area contributed by atoms with Crippen LogP contribution in [0.4, 0.5) is 0 Å². The predicted octanol–water partition coefficient (Wildman–Crippen LogP) is -1.68. The van der Waals surface area contributed by atoms with Crippen LogP contribution >= 0.6 is 0 Å². The first kappa shape index (κ1) is 28.4. The van der Waals surface area contributed by atoms with E-state index >= 15 is 0 Å². The van der Waals surface area contributed by atoms with Gasteiger partial charge < -0.3 is 0 Å². The van der Waals surface area contributed by atoms with Gasteiger partial charge in [-0.2, -0.15) is 50.5 Å². The highest BCUT2D eigenvalue weighted by Crippen LogP contribution is 2.43. The molecule has 2 aromatic carbocycles. The number of hydrogen-bond acceptors (Lipinski definition) is 12. The molecule has 0 aromatic heterocycles. The molecule has 0 aliphatic heterocycles. The SMILES string of the molecule is O=S(=O)(O)c1cc2c(S(=O)(=O)O)cc(S(=O)(=O)O)c(S(=O)(=O)O)c2c(S(=O)(=O)O)c1S(=O)(=O)O. The van der Waals surface area contributed by atoms with Crippen molar-refractivity contribution >= 4 is 71.5 Å².